The highest BCUT2D eigenvalue weighted by atomic mass is 32.2. The lowest BCUT2D eigenvalue weighted by Crippen LogP contribution is -2.66. The smallest absolute Gasteiger partial charge is 0.394 e. The van der Waals surface area contributed by atoms with Crippen molar-refractivity contribution in [3.8, 4) is 5.88 Å². The van der Waals surface area contributed by atoms with E-state index in [9.17, 15) is 13.2 Å². The third kappa shape index (κ3) is 5.58. The summed E-state index contributed by atoms with van der Waals surface area (Å²) in [5.74, 6) is 1.62. The molecule has 5 aliphatic rings. The van der Waals surface area contributed by atoms with E-state index < -0.39 is 11.6 Å². The van der Waals surface area contributed by atoms with Gasteiger partial charge in [0.15, 0.2) is 0 Å². The van der Waals surface area contributed by atoms with Crippen molar-refractivity contribution in [2.45, 2.75) is 81.5 Å². The summed E-state index contributed by atoms with van der Waals surface area (Å²) in [5, 5.41) is 7.66. The lowest BCUT2D eigenvalue weighted by atomic mass is 9.82. The highest BCUT2D eigenvalue weighted by Crippen LogP contribution is 2.59. The summed E-state index contributed by atoms with van der Waals surface area (Å²) in [6, 6.07) is 1.80. The summed E-state index contributed by atoms with van der Waals surface area (Å²) in [6.07, 6.45) is 4.09. The van der Waals surface area contributed by atoms with Gasteiger partial charge >= 0.3 is 6.18 Å². The molecule has 1 aromatic rings. The first-order valence-corrected chi connectivity index (χ1v) is 15.7. The zero-order valence-corrected chi connectivity index (χ0v) is 24.1. The van der Waals surface area contributed by atoms with Gasteiger partial charge in [-0.1, -0.05) is 11.9 Å². The molecule has 5 heterocycles. The summed E-state index contributed by atoms with van der Waals surface area (Å²) in [6.45, 7) is 8.90. The number of hydrogen-bond acceptors (Lipinski definition) is 8. The molecule has 4 bridgehead atoms. The Morgan fingerprint density at radius 1 is 1.13 bits per heavy atom. The number of likely N-dealkylation sites (tertiary alicyclic amines) is 1. The third-order valence-electron chi connectivity index (χ3n) is 10.4. The largest absolute Gasteiger partial charge is 0.477 e. The lowest BCUT2D eigenvalue weighted by Gasteiger charge is -2.56. The van der Waals surface area contributed by atoms with Crippen LogP contribution in [0.4, 0.5) is 13.2 Å². The van der Waals surface area contributed by atoms with Gasteiger partial charge in [-0.3, -0.25) is 24.6 Å². The van der Waals surface area contributed by atoms with E-state index in [1.807, 2.05) is 22.8 Å². The van der Waals surface area contributed by atoms with Crippen LogP contribution in [-0.2, 0) is 0 Å². The maximum Gasteiger partial charge on any atom is 0.394 e. The average molecular weight is 572 g/mol. The molecule has 0 radical (unpaired) electrons. The van der Waals surface area contributed by atoms with E-state index in [1.165, 1.54) is 19.3 Å². The van der Waals surface area contributed by atoms with Crippen LogP contribution in [0.15, 0.2) is 12.3 Å². The van der Waals surface area contributed by atoms with E-state index in [0.717, 1.165) is 58.0 Å². The van der Waals surface area contributed by atoms with Gasteiger partial charge in [0.25, 0.3) is 0 Å². The van der Waals surface area contributed by atoms with Gasteiger partial charge in [-0.25, -0.2) is 5.01 Å². The van der Waals surface area contributed by atoms with Gasteiger partial charge in [-0.15, -0.1) is 5.10 Å². The van der Waals surface area contributed by atoms with E-state index in [0.29, 0.717) is 17.0 Å². The van der Waals surface area contributed by atoms with E-state index in [-0.39, 0.29) is 37.7 Å². The molecule has 7 atom stereocenters. The van der Waals surface area contributed by atoms with Gasteiger partial charge in [0.05, 0.1) is 17.7 Å². The summed E-state index contributed by atoms with van der Waals surface area (Å²) in [5.41, 5.74) is 1.92. The van der Waals surface area contributed by atoms with E-state index in [2.05, 4.69) is 44.0 Å². The van der Waals surface area contributed by atoms with Crippen molar-refractivity contribution < 1.29 is 17.9 Å². The van der Waals surface area contributed by atoms with Crippen LogP contribution in [0.1, 0.15) is 64.5 Å². The summed E-state index contributed by atoms with van der Waals surface area (Å²) in [7, 11) is 2.22. The number of fused-ring (bicyclic) bond motifs is 6. The molecule has 7 unspecified atom stereocenters. The molecule has 1 aromatic heterocycles. The topological polar surface area (TPSA) is 60.8 Å². The van der Waals surface area contributed by atoms with Gasteiger partial charge < -0.3 is 4.74 Å². The van der Waals surface area contributed by atoms with Crippen molar-refractivity contribution in [3.05, 3.63) is 12.3 Å². The van der Waals surface area contributed by atoms with Gasteiger partial charge in [-0.2, -0.15) is 13.2 Å². The molecule has 1 saturated carbocycles. The number of nitrogens with zero attached hydrogens (tertiary/aromatic N) is 5. The number of hydrogen-bond donors (Lipinski definition) is 2. The second kappa shape index (κ2) is 11.0. The zero-order valence-electron chi connectivity index (χ0n) is 23.3. The van der Waals surface area contributed by atoms with Crippen molar-refractivity contribution >= 4 is 11.9 Å². The maximum absolute atomic E-state index is 13.3. The molecule has 4 saturated heterocycles. The molecule has 0 spiro atoms. The summed E-state index contributed by atoms with van der Waals surface area (Å²) >= 11 is 1.88. The third-order valence-corrected chi connectivity index (χ3v) is 11.4. The average Bonchev–Trinajstić information content (AvgIpc) is 3.23. The predicted octanol–water partition coefficient (Wildman–Crippen LogP) is 4.09. The minimum Gasteiger partial charge on any atom is -0.477 e. The molecular weight excluding hydrogens is 527 g/mol. The molecule has 2 N–H and O–H groups in total. The molecule has 8 nitrogen and oxygen atoms in total. The summed E-state index contributed by atoms with van der Waals surface area (Å²) in [4.78, 5) is 5.22. The number of nitrogens with one attached hydrogen (secondary N) is 2. The van der Waals surface area contributed by atoms with Gasteiger partial charge in [0.2, 0.25) is 5.88 Å². The van der Waals surface area contributed by atoms with Crippen molar-refractivity contribution in [2.75, 3.05) is 52.9 Å². The molecule has 39 heavy (non-hydrogen) atoms. The second-order valence-electron chi connectivity index (χ2n) is 12.6. The molecule has 220 valence electrons. The van der Waals surface area contributed by atoms with E-state index >= 15 is 0 Å². The van der Waals surface area contributed by atoms with E-state index in [1.54, 1.807) is 6.07 Å². The van der Waals surface area contributed by atoms with Crippen LogP contribution in [0.2, 0.25) is 0 Å². The number of piperidine rings is 1. The standard InChI is InChI=1S/C27H44F3N7OS/c1-25-21(16-32-39-22-17-31-36(19-22)12-3-4-20-7-13-35(25)18-20)5-6-24(34(25)2)37-14-8-23(33-37)38-15-11-26(9-10-26)27(28,29)30/h8,14,20-22,24,31-32H,3-7,9-13,15-19H2,1-2H3. The maximum atomic E-state index is 13.3. The molecule has 6 rings (SSSR count). The van der Waals surface area contributed by atoms with E-state index in [4.69, 9.17) is 4.74 Å². The Morgan fingerprint density at radius 2 is 1.97 bits per heavy atom. The number of aromatic nitrogens is 2. The number of hydrazine groups is 1. The van der Waals surface area contributed by atoms with Crippen molar-refractivity contribution in [2.24, 2.45) is 17.3 Å². The molecular formula is C27H44F3N7OS. The Balaban J connectivity index is 1.14. The quantitative estimate of drug-likeness (QED) is 0.513. The van der Waals surface area contributed by atoms with Crippen LogP contribution in [0.3, 0.4) is 0 Å². The lowest BCUT2D eigenvalue weighted by molar-refractivity contribution is -0.190. The first kappa shape index (κ1) is 28.1. The van der Waals surface area contributed by atoms with Crippen LogP contribution in [0, 0.1) is 17.3 Å². The van der Waals surface area contributed by atoms with Gasteiger partial charge in [0, 0.05) is 62.7 Å². The Hall–Kier alpha value is -1.05. The van der Waals surface area contributed by atoms with Crippen LogP contribution in [0.5, 0.6) is 5.88 Å². The Labute approximate surface area is 234 Å². The summed E-state index contributed by atoms with van der Waals surface area (Å²) < 4.78 is 51.3. The molecule has 12 heteroatoms. The first-order chi connectivity index (χ1) is 18.7. The number of alkyl halides is 3. The molecule has 5 fully saturated rings. The molecule has 4 aliphatic heterocycles. The fourth-order valence-corrected chi connectivity index (χ4v) is 8.35. The Morgan fingerprint density at radius 3 is 2.77 bits per heavy atom. The minimum atomic E-state index is -4.14. The number of halogens is 3. The molecule has 0 aromatic carbocycles. The fraction of sp³-hybridized carbons (Fsp3) is 0.889. The SMILES string of the molecule is CN1C(n2ccc(OCCC3(C(F)(F)F)CC3)n2)CCC2CNSC3CNN(CCCC4CCN(C4)C21C)C3. The van der Waals surface area contributed by atoms with Gasteiger partial charge in [-0.05, 0) is 71.3 Å². The highest BCUT2D eigenvalue weighted by molar-refractivity contribution is 7.98. The van der Waals surface area contributed by atoms with Crippen LogP contribution < -0.4 is 14.9 Å². The van der Waals surface area contributed by atoms with Gasteiger partial charge in [0.1, 0.15) is 6.17 Å². The molecule has 1 aliphatic carbocycles. The second-order valence-corrected chi connectivity index (χ2v) is 13.8. The molecule has 0 amide bonds. The van der Waals surface area contributed by atoms with Crippen LogP contribution in [0.25, 0.3) is 0 Å². The predicted molar refractivity (Wildman–Crippen MR) is 146 cm³/mol. The van der Waals surface area contributed by atoms with Crippen LogP contribution >= 0.6 is 11.9 Å². The monoisotopic (exact) mass is 571 g/mol. The Kier molecular flexibility index (Phi) is 7.91. The van der Waals surface area contributed by atoms with Crippen molar-refractivity contribution in [1.82, 2.24) is 34.7 Å². The van der Waals surface area contributed by atoms with Crippen molar-refractivity contribution in [3.63, 3.8) is 0 Å². The van der Waals surface area contributed by atoms with Crippen LogP contribution in [-0.4, -0.2) is 94.6 Å². The number of ether oxygens (including phenoxy) is 1. The minimum absolute atomic E-state index is 0.00251. The zero-order chi connectivity index (χ0) is 27.3. The highest BCUT2D eigenvalue weighted by Gasteiger charge is 2.62. The number of rotatable bonds is 5. The normalized spacial score (nSPS) is 39.2. The fourth-order valence-electron chi connectivity index (χ4n) is 7.41. The Bertz CT molecular complexity index is 991. The van der Waals surface area contributed by atoms with Crippen molar-refractivity contribution in [1.29, 1.82) is 0 Å². The first-order valence-electron chi connectivity index (χ1n) is 14.8.